The number of carbonyl (C=O) groups is 5. The van der Waals surface area contributed by atoms with Gasteiger partial charge >= 0.3 is 23.9 Å². The van der Waals surface area contributed by atoms with Crippen molar-refractivity contribution in [2.45, 2.75) is 32.1 Å². The largest absolute Gasteiger partial charge is 0.481 e. The molecule has 0 unspecified atom stereocenters. The van der Waals surface area contributed by atoms with Gasteiger partial charge in [0.2, 0.25) is 5.78 Å². The van der Waals surface area contributed by atoms with Crippen molar-refractivity contribution in [1.82, 2.24) is 0 Å². The fourth-order valence-electron chi connectivity index (χ4n) is 0.936. The van der Waals surface area contributed by atoms with E-state index in [2.05, 4.69) is 4.74 Å². The summed E-state index contributed by atoms with van der Waals surface area (Å²) in [6.07, 6.45) is -1.46. The molecule has 8 heteroatoms. The first-order valence-corrected chi connectivity index (χ1v) is 5.04. The van der Waals surface area contributed by atoms with Gasteiger partial charge in [-0.2, -0.15) is 0 Å². The third kappa shape index (κ3) is 7.97. The zero-order valence-electron chi connectivity index (χ0n) is 9.38. The Hall–Kier alpha value is -2.25. The predicted molar refractivity (Wildman–Crippen MR) is 54.5 cm³/mol. The van der Waals surface area contributed by atoms with Gasteiger partial charge in [-0.15, -0.1) is 0 Å². The predicted octanol–water partition coefficient (Wildman–Crippen LogP) is -0.255. The molecule has 0 rings (SSSR count). The molecule has 0 amide bonds. The summed E-state index contributed by atoms with van der Waals surface area (Å²) in [5.41, 5.74) is 0. The number of carboxylic acids is 2. The maximum atomic E-state index is 11.0. The molecule has 0 aromatic heterocycles. The summed E-state index contributed by atoms with van der Waals surface area (Å²) in [5.74, 6) is -5.78. The number of aliphatic carboxylic acids is 2. The summed E-state index contributed by atoms with van der Waals surface area (Å²) in [5, 5.41) is 16.5. The third-order valence-electron chi connectivity index (χ3n) is 1.79. The molecule has 100 valence electrons. The Kier molecular flexibility index (Phi) is 6.94. The normalized spacial score (nSPS) is 9.56. The minimum absolute atomic E-state index is 0.0372. The SMILES string of the molecule is O=C(O)CCCC(=O)OC(=O)CCC(=O)C(=O)O. The average Bonchev–Trinajstić information content (AvgIpc) is 2.24. The molecule has 0 aromatic rings. The molecular formula is C10H12O8. The lowest BCUT2D eigenvalue weighted by Gasteiger charge is -2.01. The quantitative estimate of drug-likeness (QED) is 0.346. The fraction of sp³-hybridized carbons (Fsp3) is 0.500. The molecule has 0 saturated carbocycles. The number of carbonyl (C=O) groups excluding carboxylic acids is 3. The van der Waals surface area contributed by atoms with Crippen molar-refractivity contribution in [3.63, 3.8) is 0 Å². The van der Waals surface area contributed by atoms with Crippen LogP contribution in [-0.4, -0.2) is 39.9 Å². The highest BCUT2D eigenvalue weighted by atomic mass is 16.6. The van der Waals surface area contributed by atoms with Crippen molar-refractivity contribution in [1.29, 1.82) is 0 Å². The van der Waals surface area contributed by atoms with Crippen LogP contribution in [-0.2, 0) is 28.7 Å². The third-order valence-corrected chi connectivity index (χ3v) is 1.79. The van der Waals surface area contributed by atoms with E-state index in [-0.39, 0.29) is 19.3 Å². The van der Waals surface area contributed by atoms with Gasteiger partial charge in [-0.3, -0.25) is 19.2 Å². The minimum Gasteiger partial charge on any atom is -0.481 e. The number of hydrogen-bond donors (Lipinski definition) is 2. The van der Waals surface area contributed by atoms with Gasteiger partial charge in [0.25, 0.3) is 0 Å². The first kappa shape index (κ1) is 15.8. The molecule has 0 fully saturated rings. The van der Waals surface area contributed by atoms with Crippen molar-refractivity contribution < 1.29 is 38.9 Å². The number of ether oxygens (including phenoxy) is 1. The minimum atomic E-state index is -1.66. The molecule has 0 aliphatic carbocycles. The van der Waals surface area contributed by atoms with Gasteiger partial charge in [-0.25, -0.2) is 4.79 Å². The summed E-state index contributed by atoms with van der Waals surface area (Å²) in [6.45, 7) is 0. The van der Waals surface area contributed by atoms with Crippen LogP contribution < -0.4 is 0 Å². The molecule has 0 atom stereocenters. The van der Waals surface area contributed by atoms with Crippen molar-refractivity contribution in [2.75, 3.05) is 0 Å². The van der Waals surface area contributed by atoms with E-state index in [1.165, 1.54) is 0 Å². The van der Waals surface area contributed by atoms with E-state index in [1.807, 2.05) is 0 Å². The molecule has 0 saturated heterocycles. The van der Waals surface area contributed by atoms with E-state index in [1.54, 1.807) is 0 Å². The van der Waals surface area contributed by atoms with Gasteiger partial charge in [0, 0.05) is 19.3 Å². The second kappa shape index (κ2) is 7.93. The number of esters is 2. The highest BCUT2D eigenvalue weighted by Gasteiger charge is 2.16. The molecule has 0 bridgehead atoms. The lowest BCUT2D eigenvalue weighted by atomic mass is 10.2. The Morgan fingerprint density at radius 3 is 1.83 bits per heavy atom. The zero-order valence-corrected chi connectivity index (χ0v) is 9.38. The highest BCUT2D eigenvalue weighted by molar-refractivity contribution is 6.32. The molecule has 0 aliphatic heterocycles. The summed E-state index contributed by atoms with van der Waals surface area (Å²) in [7, 11) is 0. The first-order valence-electron chi connectivity index (χ1n) is 5.04. The van der Waals surface area contributed by atoms with Crippen molar-refractivity contribution in [3.8, 4) is 0 Å². The second-order valence-electron chi connectivity index (χ2n) is 3.32. The van der Waals surface area contributed by atoms with Gasteiger partial charge in [0.1, 0.15) is 0 Å². The van der Waals surface area contributed by atoms with Crippen LogP contribution in [0.5, 0.6) is 0 Å². The number of hydrogen-bond acceptors (Lipinski definition) is 6. The molecule has 18 heavy (non-hydrogen) atoms. The van der Waals surface area contributed by atoms with Crippen molar-refractivity contribution in [2.24, 2.45) is 0 Å². The number of carboxylic acid groups (broad SMARTS) is 2. The number of rotatable bonds is 8. The van der Waals surface area contributed by atoms with E-state index in [4.69, 9.17) is 10.2 Å². The van der Waals surface area contributed by atoms with Gasteiger partial charge in [0.05, 0.1) is 6.42 Å². The second-order valence-corrected chi connectivity index (χ2v) is 3.32. The average molecular weight is 260 g/mol. The maximum absolute atomic E-state index is 11.0. The smallest absolute Gasteiger partial charge is 0.372 e. The van der Waals surface area contributed by atoms with E-state index < -0.39 is 42.5 Å². The van der Waals surface area contributed by atoms with Crippen LogP contribution in [0.3, 0.4) is 0 Å². The lowest BCUT2D eigenvalue weighted by Crippen LogP contribution is -2.17. The van der Waals surface area contributed by atoms with Crippen LogP contribution in [0.4, 0.5) is 0 Å². The van der Waals surface area contributed by atoms with Gasteiger partial charge in [-0.05, 0) is 6.42 Å². The lowest BCUT2D eigenvalue weighted by molar-refractivity contribution is -0.160. The van der Waals surface area contributed by atoms with E-state index in [0.717, 1.165) is 0 Å². The standard InChI is InChI=1S/C10H12O8/c11-6(10(16)17)4-5-9(15)18-8(14)3-1-2-7(12)13/h1-5H2,(H,12,13)(H,16,17). The Bertz CT molecular complexity index is 370. The number of Topliss-reactive ketones (excluding diaryl/α,β-unsaturated/α-hetero) is 1. The Labute approximate surface area is 102 Å². The molecule has 0 aromatic carbocycles. The Morgan fingerprint density at radius 1 is 0.778 bits per heavy atom. The molecule has 0 heterocycles. The molecular weight excluding hydrogens is 248 g/mol. The van der Waals surface area contributed by atoms with Crippen LogP contribution in [0.1, 0.15) is 32.1 Å². The molecule has 0 radical (unpaired) electrons. The van der Waals surface area contributed by atoms with Crippen LogP contribution >= 0.6 is 0 Å². The van der Waals surface area contributed by atoms with E-state index in [0.29, 0.717) is 0 Å². The molecule has 2 N–H and O–H groups in total. The first-order chi connectivity index (χ1) is 8.32. The highest BCUT2D eigenvalue weighted by Crippen LogP contribution is 2.01. The van der Waals surface area contributed by atoms with Gasteiger partial charge in [0.15, 0.2) is 0 Å². The molecule has 8 nitrogen and oxygen atoms in total. The zero-order chi connectivity index (χ0) is 14.1. The van der Waals surface area contributed by atoms with Gasteiger partial charge in [-0.1, -0.05) is 0 Å². The monoisotopic (exact) mass is 260 g/mol. The van der Waals surface area contributed by atoms with Crippen LogP contribution in [0.2, 0.25) is 0 Å². The fourth-order valence-corrected chi connectivity index (χ4v) is 0.936. The summed E-state index contributed by atoms with van der Waals surface area (Å²) >= 11 is 0. The van der Waals surface area contributed by atoms with Crippen molar-refractivity contribution in [3.05, 3.63) is 0 Å². The Morgan fingerprint density at radius 2 is 1.33 bits per heavy atom. The summed E-state index contributed by atoms with van der Waals surface area (Å²) < 4.78 is 4.25. The molecule has 0 spiro atoms. The van der Waals surface area contributed by atoms with Crippen LogP contribution in [0, 0.1) is 0 Å². The maximum Gasteiger partial charge on any atom is 0.372 e. The van der Waals surface area contributed by atoms with E-state index >= 15 is 0 Å². The van der Waals surface area contributed by atoms with Gasteiger partial charge < -0.3 is 14.9 Å². The van der Waals surface area contributed by atoms with Crippen LogP contribution in [0.15, 0.2) is 0 Å². The summed E-state index contributed by atoms with van der Waals surface area (Å²) in [6, 6.07) is 0. The topological polar surface area (TPSA) is 135 Å². The van der Waals surface area contributed by atoms with E-state index in [9.17, 15) is 24.0 Å². The van der Waals surface area contributed by atoms with Crippen molar-refractivity contribution >= 4 is 29.7 Å². The molecule has 0 aliphatic rings. The summed E-state index contributed by atoms with van der Waals surface area (Å²) in [4.78, 5) is 52.8. The Balaban J connectivity index is 3.81. The number of ketones is 1. The van der Waals surface area contributed by atoms with Crippen LogP contribution in [0.25, 0.3) is 0 Å².